The van der Waals surface area contributed by atoms with Crippen molar-refractivity contribution >= 4 is 23.5 Å². The van der Waals surface area contributed by atoms with E-state index in [9.17, 15) is 14.4 Å². The number of esters is 2. The van der Waals surface area contributed by atoms with E-state index >= 15 is 0 Å². The molecule has 2 N–H and O–H groups in total. The highest BCUT2D eigenvalue weighted by atomic mass is 16.5. The van der Waals surface area contributed by atoms with Crippen molar-refractivity contribution in [3.8, 4) is 0 Å². The number of likely N-dealkylation sites (tertiary alicyclic amines) is 1. The number of rotatable bonds is 5. The van der Waals surface area contributed by atoms with Crippen LogP contribution < -0.4 is 10.2 Å². The van der Waals surface area contributed by atoms with Crippen molar-refractivity contribution in [2.75, 3.05) is 39.2 Å². The molecule has 0 aliphatic carbocycles. The zero-order valence-corrected chi connectivity index (χ0v) is 14.0. The maximum absolute atomic E-state index is 12.3. The maximum atomic E-state index is 12.3. The standard InChI is InChI=1S/C17H22N2O5/c1-23-16(21)12-6-7-13(17(22)24-2)14(10-12)18-15(20)11-19-8-4-3-5-9-19/h6-7,10H,3-5,8-9,11H2,1-2H3,(H,18,20)/p+1. The monoisotopic (exact) mass is 335 g/mol. The van der Waals surface area contributed by atoms with Crippen molar-refractivity contribution in [3.05, 3.63) is 29.3 Å². The first kappa shape index (κ1) is 17.9. The normalized spacial score (nSPS) is 14.8. The molecule has 1 heterocycles. The number of hydrogen-bond donors (Lipinski definition) is 2. The molecule has 7 heteroatoms. The molecule has 1 amide bonds. The molecule has 1 aromatic carbocycles. The lowest BCUT2D eigenvalue weighted by Crippen LogP contribution is -3.13. The number of hydrogen-bond acceptors (Lipinski definition) is 5. The summed E-state index contributed by atoms with van der Waals surface area (Å²) in [5.74, 6) is -1.31. The summed E-state index contributed by atoms with van der Waals surface area (Å²) in [5, 5.41) is 2.72. The van der Waals surface area contributed by atoms with Gasteiger partial charge in [-0.2, -0.15) is 0 Å². The first-order valence-corrected chi connectivity index (χ1v) is 7.99. The van der Waals surface area contributed by atoms with Gasteiger partial charge in [0.1, 0.15) is 0 Å². The van der Waals surface area contributed by atoms with Crippen LogP contribution in [0.1, 0.15) is 40.0 Å². The zero-order valence-electron chi connectivity index (χ0n) is 14.0. The lowest BCUT2D eigenvalue weighted by atomic mass is 10.1. The predicted octanol–water partition coefficient (Wildman–Crippen LogP) is 0.267. The molecule has 1 aromatic rings. The third-order valence-corrected chi connectivity index (χ3v) is 4.09. The van der Waals surface area contributed by atoms with E-state index in [4.69, 9.17) is 4.74 Å². The number of carbonyl (C=O) groups is 3. The van der Waals surface area contributed by atoms with Crippen molar-refractivity contribution in [1.82, 2.24) is 0 Å². The van der Waals surface area contributed by atoms with Gasteiger partial charge in [0, 0.05) is 0 Å². The Bertz CT molecular complexity index is 623. The third kappa shape index (κ3) is 4.55. The minimum Gasteiger partial charge on any atom is -0.465 e. The zero-order chi connectivity index (χ0) is 17.5. The average Bonchev–Trinajstić information content (AvgIpc) is 2.61. The highest BCUT2D eigenvalue weighted by Crippen LogP contribution is 2.19. The number of piperidine rings is 1. The van der Waals surface area contributed by atoms with Gasteiger partial charge in [-0.05, 0) is 37.5 Å². The number of ether oxygens (including phenoxy) is 2. The Morgan fingerprint density at radius 2 is 1.71 bits per heavy atom. The molecule has 0 unspecified atom stereocenters. The van der Waals surface area contributed by atoms with Crippen molar-refractivity contribution < 1.29 is 28.8 Å². The third-order valence-electron chi connectivity index (χ3n) is 4.09. The molecule has 1 aliphatic heterocycles. The Morgan fingerprint density at radius 1 is 1.04 bits per heavy atom. The van der Waals surface area contributed by atoms with E-state index in [1.54, 1.807) is 0 Å². The Hall–Kier alpha value is -2.41. The van der Waals surface area contributed by atoms with Gasteiger partial charge in [-0.15, -0.1) is 0 Å². The van der Waals surface area contributed by atoms with E-state index in [0.29, 0.717) is 6.54 Å². The summed E-state index contributed by atoms with van der Waals surface area (Å²) in [6, 6.07) is 4.34. The van der Waals surface area contributed by atoms with Crippen LogP contribution in [-0.2, 0) is 14.3 Å². The van der Waals surface area contributed by atoms with E-state index in [2.05, 4.69) is 10.1 Å². The second-order valence-corrected chi connectivity index (χ2v) is 5.78. The van der Waals surface area contributed by atoms with Crippen molar-refractivity contribution in [2.24, 2.45) is 0 Å². The molecule has 0 aromatic heterocycles. The van der Waals surface area contributed by atoms with Gasteiger partial charge < -0.3 is 19.7 Å². The molecular formula is C17H23N2O5+. The summed E-state index contributed by atoms with van der Waals surface area (Å²) in [4.78, 5) is 37.0. The van der Waals surface area contributed by atoms with E-state index in [0.717, 1.165) is 25.9 Å². The molecular weight excluding hydrogens is 312 g/mol. The van der Waals surface area contributed by atoms with Crippen LogP contribution in [0, 0.1) is 0 Å². The molecule has 130 valence electrons. The molecule has 1 aliphatic rings. The lowest BCUT2D eigenvalue weighted by Gasteiger charge is -2.23. The Balaban J connectivity index is 2.16. The lowest BCUT2D eigenvalue weighted by molar-refractivity contribution is -0.896. The molecule has 0 spiro atoms. The second kappa shape index (κ2) is 8.44. The van der Waals surface area contributed by atoms with E-state index < -0.39 is 11.9 Å². The van der Waals surface area contributed by atoms with Crippen molar-refractivity contribution in [2.45, 2.75) is 19.3 Å². The smallest absolute Gasteiger partial charge is 0.339 e. The minimum absolute atomic E-state index is 0.195. The summed E-state index contributed by atoms with van der Waals surface area (Å²) in [5.41, 5.74) is 0.712. The van der Waals surface area contributed by atoms with Crippen LogP contribution in [0.15, 0.2) is 18.2 Å². The van der Waals surface area contributed by atoms with Gasteiger partial charge in [0.05, 0.1) is 44.1 Å². The fraction of sp³-hybridized carbons (Fsp3) is 0.471. The molecule has 0 atom stereocenters. The summed E-state index contributed by atoms with van der Waals surface area (Å²) in [6.45, 7) is 2.28. The van der Waals surface area contributed by atoms with Crippen molar-refractivity contribution in [3.63, 3.8) is 0 Å². The second-order valence-electron chi connectivity index (χ2n) is 5.78. The summed E-state index contributed by atoms with van der Waals surface area (Å²) >= 11 is 0. The fourth-order valence-electron chi connectivity index (χ4n) is 2.83. The summed E-state index contributed by atoms with van der Waals surface area (Å²) in [6.07, 6.45) is 3.44. The van der Waals surface area contributed by atoms with Crippen LogP contribution in [0.3, 0.4) is 0 Å². The minimum atomic E-state index is -0.577. The maximum Gasteiger partial charge on any atom is 0.339 e. The number of anilines is 1. The number of amides is 1. The van der Waals surface area contributed by atoms with Gasteiger partial charge in [-0.3, -0.25) is 4.79 Å². The molecule has 0 saturated carbocycles. The topological polar surface area (TPSA) is 86.1 Å². The number of benzene rings is 1. The summed E-state index contributed by atoms with van der Waals surface area (Å²) in [7, 11) is 2.54. The Kier molecular flexibility index (Phi) is 6.31. The molecule has 7 nitrogen and oxygen atoms in total. The quantitative estimate of drug-likeness (QED) is 0.754. The fourth-order valence-corrected chi connectivity index (χ4v) is 2.83. The number of nitrogens with one attached hydrogen (secondary N) is 2. The summed E-state index contributed by atoms with van der Waals surface area (Å²) < 4.78 is 9.40. The van der Waals surface area contributed by atoms with Gasteiger partial charge in [-0.1, -0.05) is 0 Å². The largest absolute Gasteiger partial charge is 0.465 e. The SMILES string of the molecule is COC(=O)c1ccc(C(=O)OC)c(NC(=O)C[NH+]2CCCCC2)c1. The highest BCUT2D eigenvalue weighted by molar-refractivity contribution is 6.03. The molecule has 0 bridgehead atoms. The van der Waals surface area contributed by atoms with E-state index in [-0.39, 0.29) is 22.7 Å². The first-order chi connectivity index (χ1) is 11.5. The van der Waals surface area contributed by atoms with Crippen LogP contribution in [0.25, 0.3) is 0 Å². The molecule has 1 saturated heterocycles. The predicted molar refractivity (Wildman–Crippen MR) is 87.2 cm³/mol. The van der Waals surface area contributed by atoms with Gasteiger partial charge in [0.15, 0.2) is 6.54 Å². The molecule has 24 heavy (non-hydrogen) atoms. The van der Waals surface area contributed by atoms with Crippen LogP contribution in [0.4, 0.5) is 5.69 Å². The van der Waals surface area contributed by atoms with Crippen molar-refractivity contribution in [1.29, 1.82) is 0 Å². The number of carbonyl (C=O) groups excluding carboxylic acids is 3. The van der Waals surface area contributed by atoms with Gasteiger partial charge >= 0.3 is 11.9 Å². The highest BCUT2D eigenvalue weighted by Gasteiger charge is 2.21. The first-order valence-electron chi connectivity index (χ1n) is 7.99. The van der Waals surface area contributed by atoms with E-state index in [1.165, 1.54) is 43.7 Å². The molecule has 2 rings (SSSR count). The van der Waals surface area contributed by atoms with Gasteiger partial charge in [0.25, 0.3) is 5.91 Å². The van der Waals surface area contributed by atoms with E-state index in [1.807, 2.05) is 0 Å². The average molecular weight is 335 g/mol. The van der Waals surface area contributed by atoms with Crippen LogP contribution >= 0.6 is 0 Å². The van der Waals surface area contributed by atoms with Gasteiger partial charge in [0.2, 0.25) is 0 Å². The van der Waals surface area contributed by atoms with Gasteiger partial charge in [-0.25, -0.2) is 9.59 Å². The number of methoxy groups -OCH3 is 2. The molecule has 0 radical (unpaired) electrons. The van der Waals surface area contributed by atoms with Crippen LogP contribution in [-0.4, -0.2) is 51.7 Å². The Morgan fingerprint density at radius 3 is 2.33 bits per heavy atom. The number of quaternary nitrogens is 1. The van der Waals surface area contributed by atoms with Crippen LogP contribution in [0.2, 0.25) is 0 Å². The molecule has 1 fully saturated rings. The van der Waals surface area contributed by atoms with Crippen LogP contribution in [0.5, 0.6) is 0 Å². The Labute approximate surface area is 140 Å².